The number of para-hydroxylation sites is 1. The quantitative estimate of drug-likeness (QED) is 0.312. The Morgan fingerprint density at radius 1 is 1.11 bits per heavy atom. The minimum Gasteiger partial charge on any atom is -0.463 e. The van der Waals surface area contributed by atoms with Crippen LogP contribution in [0.5, 0.6) is 0 Å². The molecule has 3 aromatic rings. The number of methoxy groups -OCH3 is 1. The molecule has 0 saturated carbocycles. The van der Waals surface area contributed by atoms with Gasteiger partial charge in [-0.05, 0) is 29.8 Å². The predicted molar refractivity (Wildman–Crippen MR) is 97.7 cm³/mol. The molecule has 27 heavy (non-hydrogen) atoms. The van der Waals surface area contributed by atoms with Crippen LogP contribution >= 0.6 is 0 Å². The maximum Gasteiger partial charge on any atom is 0.374 e. The fourth-order valence-electron chi connectivity index (χ4n) is 2.40. The van der Waals surface area contributed by atoms with Crippen LogP contribution in [0.4, 0.5) is 10.2 Å². The van der Waals surface area contributed by atoms with Gasteiger partial charge in [-0.3, -0.25) is 10.2 Å². The maximum atomic E-state index is 13.2. The van der Waals surface area contributed by atoms with Crippen molar-refractivity contribution in [3.8, 4) is 0 Å². The van der Waals surface area contributed by atoms with Crippen molar-refractivity contribution in [2.75, 3.05) is 12.5 Å². The van der Waals surface area contributed by atoms with Gasteiger partial charge in [-0.25, -0.2) is 19.2 Å². The molecule has 1 aromatic heterocycles. The van der Waals surface area contributed by atoms with Crippen LogP contribution in [-0.2, 0) is 14.3 Å². The topological polar surface area (TPSA) is 93.5 Å². The highest BCUT2D eigenvalue weighted by atomic mass is 19.1. The minimum absolute atomic E-state index is 0.244. The predicted octanol–water partition coefficient (Wildman–Crippen LogP) is 2.72. The van der Waals surface area contributed by atoms with Gasteiger partial charge < -0.3 is 4.74 Å². The number of rotatable bonds is 6. The highest BCUT2D eigenvalue weighted by Gasteiger charge is 2.18. The largest absolute Gasteiger partial charge is 0.463 e. The van der Waals surface area contributed by atoms with E-state index >= 15 is 0 Å². The molecule has 0 unspecified atom stereocenters. The van der Waals surface area contributed by atoms with E-state index in [1.165, 1.54) is 30.6 Å². The summed E-state index contributed by atoms with van der Waals surface area (Å²) in [7, 11) is 1.13. The lowest BCUT2D eigenvalue weighted by atomic mass is 10.1. The van der Waals surface area contributed by atoms with E-state index < -0.39 is 17.6 Å². The van der Waals surface area contributed by atoms with Gasteiger partial charge in [0.05, 0.1) is 24.8 Å². The molecule has 2 aromatic carbocycles. The molecule has 0 atom stereocenters. The highest BCUT2D eigenvalue weighted by Crippen LogP contribution is 2.19. The van der Waals surface area contributed by atoms with Gasteiger partial charge in [0.2, 0.25) is 5.78 Å². The summed E-state index contributed by atoms with van der Waals surface area (Å²) in [6, 6.07) is 12.8. The number of esters is 1. The third kappa shape index (κ3) is 4.30. The van der Waals surface area contributed by atoms with Gasteiger partial charge in [0.1, 0.15) is 12.1 Å². The Bertz CT molecular complexity index is 1010. The molecule has 0 radical (unpaired) electrons. The number of Topliss-reactive ketones (excluding diaryl/α,β-unsaturated/α-hetero) is 1. The molecule has 7 nitrogen and oxygen atoms in total. The summed E-state index contributed by atoms with van der Waals surface area (Å²) in [5.74, 6) is -1.73. The Kier molecular flexibility index (Phi) is 5.46. The Morgan fingerprint density at radius 3 is 2.59 bits per heavy atom. The Labute approximate surface area is 153 Å². The summed E-state index contributed by atoms with van der Waals surface area (Å²) >= 11 is 0. The summed E-state index contributed by atoms with van der Waals surface area (Å²) in [4.78, 5) is 31.7. The number of nitrogens with zero attached hydrogens (tertiary/aromatic N) is 3. The summed E-state index contributed by atoms with van der Waals surface area (Å²) in [5, 5.41) is 4.96. The number of ketones is 1. The zero-order valence-corrected chi connectivity index (χ0v) is 14.3. The lowest BCUT2D eigenvalue weighted by Gasteiger charge is -2.08. The molecule has 0 saturated heterocycles. The van der Waals surface area contributed by atoms with Crippen molar-refractivity contribution >= 4 is 34.2 Å². The average Bonchev–Trinajstić information content (AvgIpc) is 2.71. The van der Waals surface area contributed by atoms with Crippen molar-refractivity contribution in [2.45, 2.75) is 6.42 Å². The number of hydrogen-bond acceptors (Lipinski definition) is 7. The van der Waals surface area contributed by atoms with E-state index in [0.717, 1.165) is 18.0 Å². The number of fused-ring (bicyclic) bond motifs is 1. The fraction of sp³-hybridized carbons (Fsp3) is 0.105. The molecular weight excluding hydrogens is 351 g/mol. The Hall–Kier alpha value is -3.68. The van der Waals surface area contributed by atoms with E-state index in [9.17, 15) is 14.0 Å². The van der Waals surface area contributed by atoms with Crippen LogP contribution in [0.2, 0.25) is 0 Å². The van der Waals surface area contributed by atoms with Gasteiger partial charge in [0.15, 0.2) is 5.82 Å². The van der Waals surface area contributed by atoms with Crippen LogP contribution in [0, 0.1) is 5.82 Å². The molecule has 0 fully saturated rings. The highest BCUT2D eigenvalue weighted by molar-refractivity contribution is 6.38. The molecular formula is C19H15FN4O3. The number of nitrogens with one attached hydrogen (secondary N) is 1. The first-order valence-electron chi connectivity index (χ1n) is 7.98. The number of carbonyl (C=O) groups is 2. The van der Waals surface area contributed by atoms with Gasteiger partial charge in [-0.15, -0.1) is 0 Å². The normalized spacial score (nSPS) is 11.3. The first kappa shape index (κ1) is 18.1. The van der Waals surface area contributed by atoms with E-state index in [1.54, 1.807) is 0 Å². The third-order valence-corrected chi connectivity index (χ3v) is 3.76. The van der Waals surface area contributed by atoms with Gasteiger partial charge in [-0.2, -0.15) is 5.10 Å². The Morgan fingerprint density at radius 2 is 1.85 bits per heavy atom. The van der Waals surface area contributed by atoms with Crippen LogP contribution in [-0.4, -0.2) is 34.5 Å². The number of halogens is 1. The second-order valence-corrected chi connectivity index (χ2v) is 5.51. The van der Waals surface area contributed by atoms with Crippen LogP contribution in [0.1, 0.15) is 12.0 Å². The molecule has 1 N–H and O–H groups in total. The van der Waals surface area contributed by atoms with Gasteiger partial charge in [0.25, 0.3) is 0 Å². The fourth-order valence-corrected chi connectivity index (χ4v) is 2.40. The van der Waals surface area contributed by atoms with E-state index in [-0.39, 0.29) is 12.1 Å². The van der Waals surface area contributed by atoms with Crippen molar-refractivity contribution in [3.63, 3.8) is 0 Å². The maximum absolute atomic E-state index is 13.2. The molecule has 136 valence electrons. The molecule has 0 aliphatic carbocycles. The SMILES string of the molecule is COC(=O)C(=O)CC(=NNc1ncnc2ccccc12)c1ccc(F)cc1. The summed E-state index contributed by atoms with van der Waals surface area (Å²) in [6.07, 6.45) is 1.08. The summed E-state index contributed by atoms with van der Waals surface area (Å²) in [5.41, 5.74) is 4.25. The van der Waals surface area contributed by atoms with Crippen LogP contribution < -0.4 is 5.43 Å². The van der Waals surface area contributed by atoms with E-state index in [0.29, 0.717) is 11.4 Å². The molecule has 0 amide bonds. The van der Waals surface area contributed by atoms with Crippen molar-refractivity contribution in [2.24, 2.45) is 5.10 Å². The number of aromatic nitrogens is 2. The van der Waals surface area contributed by atoms with Gasteiger partial charge in [0, 0.05) is 5.39 Å². The molecule has 0 spiro atoms. The molecule has 0 bridgehead atoms. The van der Waals surface area contributed by atoms with Crippen LogP contribution in [0.15, 0.2) is 60.0 Å². The second kappa shape index (κ2) is 8.13. The van der Waals surface area contributed by atoms with Gasteiger partial charge >= 0.3 is 5.97 Å². The first-order valence-corrected chi connectivity index (χ1v) is 7.98. The zero-order chi connectivity index (χ0) is 19.2. The molecule has 1 heterocycles. The number of hydrogen-bond donors (Lipinski definition) is 1. The van der Waals surface area contributed by atoms with Crippen LogP contribution in [0.3, 0.4) is 0 Å². The number of ether oxygens (including phenoxy) is 1. The third-order valence-electron chi connectivity index (χ3n) is 3.76. The first-order chi connectivity index (χ1) is 13.1. The zero-order valence-electron chi connectivity index (χ0n) is 14.3. The molecule has 0 aliphatic rings. The van der Waals surface area contributed by atoms with Crippen molar-refractivity contribution in [1.82, 2.24) is 9.97 Å². The summed E-state index contributed by atoms with van der Waals surface area (Å²) < 4.78 is 17.7. The van der Waals surface area contributed by atoms with Crippen molar-refractivity contribution in [1.29, 1.82) is 0 Å². The van der Waals surface area contributed by atoms with Crippen molar-refractivity contribution < 1.29 is 18.7 Å². The average molecular weight is 366 g/mol. The summed E-state index contributed by atoms with van der Waals surface area (Å²) in [6.45, 7) is 0. The molecule has 3 rings (SSSR count). The number of hydrazone groups is 1. The second-order valence-electron chi connectivity index (χ2n) is 5.51. The number of benzene rings is 2. The smallest absolute Gasteiger partial charge is 0.374 e. The Balaban J connectivity index is 1.94. The van der Waals surface area contributed by atoms with E-state index in [2.05, 4.69) is 25.2 Å². The lowest BCUT2D eigenvalue weighted by molar-refractivity contribution is -0.151. The molecule has 8 heteroatoms. The van der Waals surface area contributed by atoms with E-state index in [4.69, 9.17) is 0 Å². The van der Waals surface area contributed by atoms with Crippen molar-refractivity contribution in [3.05, 3.63) is 66.2 Å². The number of anilines is 1. The lowest BCUT2D eigenvalue weighted by Crippen LogP contribution is -2.20. The van der Waals surface area contributed by atoms with Gasteiger partial charge in [-0.1, -0.05) is 24.3 Å². The standard InChI is InChI=1S/C19H15FN4O3/c1-27-19(26)17(25)10-16(12-6-8-13(20)9-7-12)23-24-18-14-4-2-3-5-15(14)21-11-22-18/h2-9,11H,10H2,1H3,(H,21,22,24). The monoisotopic (exact) mass is 366 g/mol. The number of carbonyl (C=O) groups excluding carboxylic acids is 2. The molecule has 0 aliphatic heterocycles. The van der Waals surface area contributed by atoms with Crippen LogP contribution in [0.25, 0.3) is 10.9 Å². The van der Waals surface area contributed by atoms with E-state index in [1.807, 2.05) is 24.3 Å². The minimum atomic E-state index is -0.975.